The zero-order valence-corrected chi connectivity index (χ0v) is 16.5. The number of Topliss-reactive ketones (excluding diaryl/α,β-unsaturated/α-hetero) is 1. The van der Waals surface area contributed by atoms with Gasteiger partial charge < -0.3 is 15.2 Å². The molecule has 0 bridgehead atoms. The molecule has 0 aliphatic carbocycles. The fourth-order valence-corrected chi connectivity index (χ4v) is 3.10. The van der Waals surface area contributed by atoms with Crippen LogP contribution in [-0.2, 0) is 16.7 Å². The second kappa shape index (κ2) is 8.32. The van der Waals surface area contributed by atoms with Crippen molar-refractivity contribution in [2.75, 3.05) is 13.2 Å². The molecule has 1 aliphatic heterocycles. The first kappa shape index (κ1) is 23.4. The predicted molar refractivity (Wildman–Crippen MR) is 100 cm³/mol. The highest BCUT2D eigenvalue weighted by atomic mass is 19.4. The van der Waals surface area contributed by atoms with Crippen LogP contribution in [0, 0.1) is 5.82 Å². The van der Waals surface area contributed by atoms with Crippen molar-refractivity contribution in [1.82, 2.24) is 4.98 Å². The molecule has 0 saturated heterocycles. The molecule has 0 saturated carbocycles. The minimum absolute atomic E-state index is 0.108. The quantitative estimate of drug-likeness (QED) is 0.523. The van der Waals surface area contributed by atoms with Gasteiger partial charge in [-0.1, -0.05) is 6.07 Å². The maximum Gasteiger partial charge on any atom is 0.422 e. The van der Waals surface area contributed by atoms with Crippen LogP contribution in [-0.4, -0.2) is 42.1 Å². The molecule has 3 rings (SSSR count). The van der Waals surface area contributed by atoms with Gasteiger partial charge in [0.25, 0.3) is 6.02 Å². The number of amidine groups is 1. The van der Waals surface area contributed by atoms with Crippen LogP contribution in [0.3, 0.4) is 0 Å². The highest BCUT2D eigenvalue weighted by Crippen LogP contribution is 2.44. The van der Waals surface area contributed by atoms with Crippen LogP contribution in [0.4, 0.5) is 26.3 Å². The van der Waals surface area contributed by atoms with Crippen LogP contribution < -0.4 is 10.5 Å². The van der Waals surface area contributed by atoms with E-state index >= 15 is 0 Å². The Labute approximate surface area is 178 Å². The number of halogens is 6. The lowest BCUT2D eigenvalue weighted by Gasteiger charge is -2.37. The number of carbonyl (C=O) groups is 1. The Hall–Kier alpha value is -3.31. The maximum atomic E-state index is 14.5. The maximum absolute atomic E-state index is 14.5. The molecule has 1 atom stereocenters. The average molecular weight is 461 g/mol. The monoisotopic (exact) mass is 461 g/mol. The second-order valence-electron chi connectivity index (χ2n) is 7.18. The summed E-state index contributed by atoms with van der Waals surface area (Å²) in [5, 5.41) is 0. The fourth-order valence-electron chi connectivity index (χ4n) is 3.10. The first-order valence-corrected chi connectivity index (χ1v) is 9.15. The van der Waals surface area contributed by atoms with Crippen molar-refractivity contribution >= 4 is 11.8 Å². The van der Waals surface area contributed by atoms with Crippen molar-refractivity contribution in [3.05, 3.63) is 59.2 Å². The SMILES string of the molecule is C[C@]1(c2cc(CC(=O)c3ncccc3OCC(F)(F)F)ccc2F)N=C(N)OCC1(F)F. The Bertz CT molecular complexity index is 1060. The minimum atomic E-state index is -4.63. The molecule has 2 N–H and O–H groups in total. The Balaban J connectivity index is 1.91. The van der Waals surface area contributed by atoms with E-state index in [9.17, 15) is 31.1 Å². The minimum Gasteiger partial charge on any atom is -0.482 e. The van der Waals surface area contributed by atoms with Gasteiger partial charge in [-0.25, -0.2) is 14.4 Å². The van der Waals surface area contributed by atoms with Crippen LogP contribution >= 0.6 is 0 Å². The van der Waals surface area contributed by atoms with Crippen LogP contribution in [0.5, 0.6) is 5.75 Å². The van der Waals surface area contributed by atoms with Gasteiger partial charge in [0.2, 0.25) is 0 Å². The summed E-state index contributed by atoms with van der Waals surface area (Å²) in [6.07, 6.45) is -3.91. The van der Waals surface area contributed by atoms with E-state index in [2.05, 4.69) is 19.5 Å². The highest BCUT2D eigenvalue weighted by Gasteiger charge is 2.56. The number of benzene rings is 1. The van der Waals surface area contributed by atoms with Crippen LogP contribution in [0.2, 0.25) is 0 Å². The fraction of sp³-hybridized carbons (Fsp3) is 0.350. The van der Waals surface area contributed by atoms with Crippen molar-refractivity contribution in [2.24, 2.45) is 10.7 Å². The molecular formula is C20H17F6N3O3. The van der Waals surface area contributed by atoms with Gasteiger partial charge in [-0.15, -0.1) is 0 Å². The number of carbonyl (C=O) groups excluding carboxylic acids is 1. The molecule has 0 radical (unpaired) electrons. The van der Waals surface area contributed by atoms with Crippen molar-refractivity contribution in [3.63, 3.8) is 0 Å². The average Bonchev–Trinajstić information content (AvgIpc) is 2.70. The van der Waals surface area contributed by atoms with E-state index in [4.69, 9.17) is 5.73 Å². The molecule has 6 nitrogen and oxygen atoms in total. The number of rotatable bonds is 6. The molecule has 0 fully saturated rings. The largest absolute Gasteiger partial charge is 0.482 e. The van der Waals surface area contributed by atoms with Gasteiger partial charge in [0, 0.05) is 18.2 Å². The summed E-state index contributed by atoms with van der Waals surface area (Å²) in [5.41, 5.74) is 2.21. The van der Waals surface area contributed by atoms with Crippen molar-refractivity contribution in [2.45, 2.75) is 31.0 Å². The van der Waals surface area contributed by atoms with Gasteiger partial charge >= 0.3 is 12.1 Å². The lowest BCUT2D eigenvalue weighted by molar-refractivity contribution is -0.153. The number of pyridine rings is 1. The topological polar surface area (TPSA) is 86.8 Å². The van der Waals surface area contributed by atoms with Gasteiger partial charge in [0.15, 0.2) is 24.5 Å². The molecule has 2 aromatic rings. The zero-order chi connectivity index (χ0) is 23.7. The molecule has 1 aliphatic rings. The number of aromatic nitrogens is 1. The number of alkyl halides is 5. The summed E-state index contributed by atoms with van der Waals surface area (Å²) in [6.45, 7) is -1.77. The Morgan fingerprint density at radius 1 is 1.28 bits per heavy atom. The molecule has 32 heavy (non-hydrogen) atoms. The van der Waals surface area contributed by atoms with E-state index in [1.54, 1.807) is 0 Å². The van der Waals surface area contributed by atoms with E-state index in [1.807, 2.05) is 0 Å². The summed E-state index contributed by atoms with van der Waals surface area (Å²) in [5.74, 6) is -5.77. The number of ketones is 1. The Morgan fingerprint density at radius 2 is 2.00 bits per heavy atom. The smallest absolute Gasteiger partial charge is 0.422 e. The third kappa shape index (κ3) is 4.78. The van der Waals surface area contributed by atoms with Gasteiger partial charge in [0.05, 0.1) is 0 Å². The third-order valence-electron chi connectivity index (χ3n) is 4.79. The first-order valence-electron chi connectivity index (χ1n) is 9.15. The number of ether oxygens (including phenoxy) is 2. The zero-order valence-electron chi connectivity index (χ0n) is 16.5. The predicted octanol–water partition coefficient (Wildman–Crippen LogP) is 3.78. The van der Waals surface area contributed by atoms with E-state index in [1.165, 1.54) is 18.3 Å². The molecule has 172 valence electrons. The number of nitrogens with zero attached hydrogens (tertiary/aromatic N) is 2. The van der Waals surface area contributed by atoms with Crippen LogP contribution in [0.25, 0.3) is 0 Å². The first-order chi connectivity index (χ1) is 14.8. The molecule has 2 heterocycles. The molecule has 0 amide bonds. The van der Waals surface area contributed by atoms with Gasteiger partial charge in [-0.05, 0) is 36.8 Å². The lowest BCUT2D eigenvalue weighted by Crippen LogP contribution is -2.51. The summed E-state index contributed by atoms with van der Waals surface area (Å²) in [7, 11) is 0. The molecule has 0 spiro atoms. The summed E-state index contributed by atoms with van der Waals surface area (Å²) in [4.78, 5) is 20.0. The van der Waals surface area contributed by atoms with Crippen molar-refractivity contribution in [1.29, 1.82) is 0 Å². The summed E-state index contributed by atoms with van der Waals surface area (Å²) in [6, 6.07) is 4.99. The lowest BCUT2D eigenvalue weighted by atomic mass is 9.84. The molecule has 0 unspecified atom stereocenters. The standard InChI is InChI=1S/C20H17F6N3O3/c1-18(19(22,23)9-32-17(27)29-18)12-7-11(4-5-13(12)21)8-14(30)16-15(3-2-6-28-16)31-10-20(24,25)26/h2-7H,8-10H2,1H3,(H2,27,29)/t18-/m1/s1. The molecular weight excluding hydrogens is 444 g/mol. The van der Waals surface area contributed by atoms with Crippen molar-refractivity contribution in [3.8, 4) is 5.75 Å². The third-order valence-corrected chi connectivity index (χ3v) is 4.79. The number of aliphatic imine (C=N–C) groups is 1. The van der Waals surface area contributed by atoms with E-state index < -0.39 is 66.2 Å². The summed E-state index contributed by atoms with van der Waals surface area (Å²) >= 11 is 0. The van der Waals surface area contributed by atoms with E-state index in [0.29, 0.717) is 0 Å². The van der Waals surface area contributed by atoms with Crippen LogP contribution in [0.15, 0.2) is 41.5 Å². The number of nitrogens with two attached hydrogens (primary N) is 1. The number of hydrogen-bond donors (Lipinski definition) is 1. The van der Waals surface area contributed by atoms with E-state index in [0.717, 1.165) is 25.1 Å². The van der Waals surface area contributed by atoms with Gasteiger partial charge in [0.1, 0.15) is 17.3 Å². The molecule has 1 aromatic heterocycles. The normalized spacial score (nSPS) is 20.3. The highest BCUT2D eigenvalue weighted by molar-refractivity contribution is 5.98. The van der Waals surface area contributed by atoms with Crippen LogP contribution in [0.1, 0.15) is 28.5 Å². The number of hydrogen-bond acceptors (Lipinski definition) is 6. The Kier molecular flexibility index (Phi) is 6.07. The van der Waals surface area contributed by atoms with Gasteiger partial charge in [-0.3, -0.25) is 4.79 Å². The van der Waals surface area contributed by atoms with Crippen molar-refractivity contribution < 1.29 is 40.6 Å². The molecule has 12 heteroatoms. The molecule has 1 aromatic carbocycles. The van der Waals surface area contributed by atoms with Gasteiger partial charge in [-0.2, -0.15) is 22.0 Å². The van der Waals surface area contributed by atoms with E-state index in [-0.39, 0.29) is 11.3 Å². The Morgan fingerprint density at radius 3 is 2.69 bits per heavy atom. The second-order valence-corrected chi connectivity index (χ2v) is 7.18. The summed E-state index contributed by atoms with van der Waals surface area (Å²) < 4.78 is 90.1.